The van der Waals surface area contributed by atoms with Crippen molar-refractivity contribution >= 4 is 11.4 Å². The molecule has 0 aromatic heterocycles. The number of rotatable bonds is 6. The van der Waals surface area contributed by atoms with Crippen molar-refractivity contribution in [1.82, 2.24) is 0 Å². The van der Waals surface area contributed by atoms with Crippen LogP contribution in [0.4, 0.5) is 11.4 Å². The molecule has 0 spiro atoms. The topological polar surface area (TPSA) is 46.4 Å². The third-order valence-electron chi connectivity index (χ3n) is 2.10. The zero-order valence-electron chi connectivity index (χ0n) is 9.00. The molecule has 1 aromatic carbocycles. The first kappa shape index (κ1) is 12.0. The number of non-ortho nitro benzene ring substituents is 1. The fourth-order valence-electron chi connectivity index (χ4n) is 1.40. The smallest absolute Gasteiger partial charge is 0.271 e. The minimum absolute atomic E-state index is 0.0932. The predicted molar refractivity (Wildman–Crippen MR) is 65.7 cm³/mol. The number of nitro groups is 1. The van der Waals surface area contributed by atoms with Gasteiger partial charge in [0.05, 0.1) is 4.92 Å². The van der Waals surface area contributed by atoms with E-state index in [0.717, 1.165) is 5.69 Å². The summed E-state index contributed by atoms with van der Waals surface area (Å²) in [5.74, 6) is 0. The van der Waals surface area contributed by atoms with Crippen LogP contribution in [0.25, 0.3) is 0 Å². The first-order valence-electron chi connectivity index (χ1n) is 4.90. The van der Waals surface area contributed by atoms with Crippen LogP contribution in [0, 0.1) is 10.1 Å². The second kappa shape index (κ2) is 5.70. The maximum Gasteiger partial charge on any atom is 0.271 e. The van der Waals surface area contributed by atoms with Crippen molar-refractivity contribution in [3.8, 4) is 0 Å². The molecule has 4 nitrogen and oxygen atoms in total. The van der Waals surface area contributed by atoms with Gasteiger partial charge >= 0.3 is 0 Å². The monoisotopic (exact) mass is 218 g/mol. The molecule has 0 atom stereocenters. The Bertz CT molecular complexity index is 392. The molecule has 84 valence electrons. The lowest BCUT2D eigenvalue weighted by Gasteiger charge is -2.21. The average molecular weight is 218 g/mol. The van der Waals surface area contributed by atoms with Crippen molar-refractivity contribution in [2.75, 3.05) is 18.0 Å². The van der Waals surface area contributed by atoms with Gasteiger partial charge in [0, 0.05) is 30.9 Å². The van der Waals surface area contributed by atoms with E-state index in [-0.39, 0.29) is 5.69 Å². The summed E-state index contributed by atoms with van der Waals surface area (Å²) in [5.41, 5.74) is 0.893. The van der Waals surface area contributed by atoms with Crippen LogP contribution in [-0.2, 0) is 0 Å². The lowest BCUT2D eigenvalue weighted by Crippen LogP contribution is -2.22. The molecule has 0 aliphatic carbocycles. The zero-order chi connectivity index (χ0) is 12.0. The second-order valence-corrected chi connectivity index (χ2v) is 3.26. The summed E-state index contributed by atoms with van der Waals surface area (Å²) >= 11 is 0. The third-order valence-corrected chi connectivity index (χ3v) is 2.10. The van der Waals surface area contributed by atoms with Crippen LogP contribution in [0.15, 0.2) is 49.6 Å². The SMILES string of the molecule is C=CCN(CC=C)c1cccc([N+](=O)[O-])c1. The summed E-state index contributed by atoms with van der Waals surface area (Å²) in [6.45, 7) is 8.58. The molecule has 4 heteroatoms. The molecule has 16 heavy (non-hydrogen) atoms. The van der Waals surface area contributed by atoms with Gasteiger partial charge in [0.2, 0.25) is 0 Å². The van der Waals surface area contributed by atoms with Crippen LogP contribution in [0.3, 0.4) is 0 Å². The minimum atomic E-state index is -0.399. The molecular weight excluding hydrogens is 204 g/mol. The van der Waals surface area contributed by atoms with Gasteiger partial charge in [-0.2, -0.15) is 0 Å². The van der Waals surface area contributed by atoms with Crippen molar-refractivity contribution in [3.63, 3.8) is 0 Å². The van der Waals surface area contributed by atoms with Crippen LogP contribution >= 0.6 is 0 Å². The zero-order valence-corrected chi connectivity index (χ0v) is 9.00. The van der Waals surface area contributed by atoms with E-state index in [1.807, 2.05) is 11.0 Å². The van der Waals surface area contributed by atoms with Crippen molar-refractivity contribution in [3.05, 3.63) is 59.7 Å². The lowest BCUT2D eigenvalue weighted by atomic mass is 10.2. The van der Waals surface area contributed by atoms with Crippen LogP contribution < -0.4 is 4.90 Å². The first-order chi connectivity index (χ1) is 7.69. The maximum absolute atomic E-state index is 10.6. The molecule has 0 radical (unpaired) electrons. The van der Waals surface area contributed by atoms with Crippen LogP contribution in [0.2, 0.25) is 0 Å². The number of benzene rings is 1. The molecule has 1 rings (SSSR count). The van der Waals surface area contributed by atoms with Gasteiger partial charge in [-0.1, -0.05) is 18.2 Å². The van der Waals surface area contributed by atoms with Gasteiger partial charge in [-0.05, 0) is 6.07 Å². The third kappa shape index (κ3) is 2.95. The number of nitro benzene ring substituents is 1. The second-order valence-electron chi connectivity index (χ2n) is 3.26. The van der Waals surface area contributed by atoms with E-state index >= 15 is 0 Å². The van der Waals surface area contributed by atoms with E-state index in [9.17, 15) is 10.1 Å². The molecule has 0 unspecified atom stereocenters. The van der Waals surface area contributed by atoms with Crippen molar-refractivity contribution in [2.24, 2.45) is 0 Å². The van der Waals surface area contributed by atoms with E-state index in [4.69, 9.17) is 0 Å². The Morgan fingerprint density at radius 3 is 2.44 bits per heavy atom. The number of hydrogen-bond acceptors (Lipinski definition) is 3. The fraction of sp³-hybridized carbons (Fsp3) is 0.167. The number of anilines is 1. The Labute approximate surface area is 94.7 Å². The molecule has 0 amide bonds. The van der Waals surface area contributed by atoms with Crippen LogP contribution in [0.5, 0.6) is 0 Å². The molecular formula is C12H14N2O2. The van der Waals surface area contributed by atoms with Crippen LogP contribution in [0.1, 0.15) is 0 Å². The Morgan fingerprint density at radius 1 is 1.31 bits per heavy atom. The highest BCUT2D eigenvalue weighted by Gasteiger charge is 2.09. The number of hydrogen-bond donors (Lipinski definition) is 0. The summed E-state index contributed by atoms with van der Waals surface area (Å²) in [6, 6.07) is 6.53. The minimum Gasteiger partial charge on any atom is -0.364 e. The highest BCUT2D eigenvalue weighted by Crippen LogP contribution is 2.20. The van der Waals surface area contributed by atoms with Crippen molar-refractivity contribution in [1.29, 1.82) is 0 Å². The Kier molecular flexibility index (Phi) is 4.27. The quantitative estimate of drug-likeness (QED) is 0.419. The average Bonchev–Trinajstić information content (AvgIpc) is 2.29. The Hall–Kier alpha value is -2.10. The normalized spacial score (nSPS) is 9.50. The highest BCUT2D eigenvalue weighted by molar-refractivity contribution is 5.53. The largest absolute Gasteiger partial charge is 0.364 e. The van der Waals surface area contributed by atoms with E-state index < -0.39 is 4.92 Å². The van der Waals surface area contributed by atoms with E-state index in [1.165, 1.54) is 6.07 Å². The molecule has 0 fully saturated rings. The summed E-state index contributed by atoms with van der Waals surface area (Å²) in [6.07, 6.45) is 3.50. The van der Waals surface area contributed by atoms with E-state index in [1.54, 1.807) is 24.3 Å². The van der Waals surface area contributed by atoms with Gasteiger partial charge in [0.1, 0.15) is 0 Å². The van der Waals surface area contributed by atoms with Gasteiger partial charge in [-0.25, -0.2) is 0 Å². The van der Waals surface area contributed by atoms with Gasteiger partial charge in [-0.15, -0.1) is 13.2 Å². The lowest BCUT2D eigenvalue weighted by molar-refractivity contribution is -0.384. The maximum atomic E-state index is 10.6. The molecule has 1 aromatic rings. The predicted octanol–water partition coefficient (Wildman–Crippen LogP) is 2.77. The molecule has 0 aliphatic heterocycles. The summed E-state index contributed by atoms with van der Waals surface area (Å²) < 4.78 is 0. The van der Waals surface area contributed by atoms with Gasteiger partial charge in [0.25, 0.3) is 5.69 Å². The summed E-state index contributed by atoms with van der Waals surface area (Å²) in [5, 5.41) is 10.6. The first-order valence-corrected chi connectivity index (χ1v) is 4.90. The van der Waals surface area contributed by atoms with Crippen LogP contribution in [-0.4, -0.2) is 18.0 Å². The van der Waals surface area contributed by atoms with Crippen molar-refractivity contribution < 1.29 is 4.92 Å². The molecule has 0 aliphatic rings. The molecule has 0 saturated carbocycles. The van der Waals surface area contributed by atoms with Crippen molar-refractivity contribution in [2.45, 2.75) is 0 Å². The molecule has 0 saturated heterocycles. The Morgan fingerprint density at radius 2 is 1.94 bits per heavy atom. The Balaban J connectivity index is 2.98. The number of nitrogens with zero attached hydrogens (tertiary/aromatic N) is 2. The standard InChI is InChI=1S/C12H14N2O2/c1-3-8-13(9-4-2)11-6-5-7-12(10-11)14(15)16/h3-7,10H,1-2,8-9H2. The molecule has 0 N–H and O–H groups in total. The van der Waals surface area contributed by atoms with Gasteiger partial charge in [0.15, 0.2) is 0 Å². The highest BCUT2D eigenvalue weighted by atomic mass is 16.6. The molecule has 0 bridgehead atoms. The van der Waals surface area contributed by atoms with Gasteiger partial charge < -0.3 is 4.90 Å². The summed E-state index contributed by atoms with van der Waals surface area (Å²) in [4.78, 5) is 12.2. The summed E-state index contributed by atoms with van der Waals surface area (Å²) in [7, 11) is 0. The van der Waals surface area contributed by atoms with Gasteiger partial charge in [-0.3, -0.25) is 10.1 Å². The molecule has 0 heterocycles. The van der Waals surface area contributed by atoms with E-state index in [0.29, 0.717) is 13.1 Å². The van der Waals surface area contributed by atoms with E-state index in [2.05, 4.69) is 13.2 Å². The fourth-order valence-corrected chi connectivity index (χ4v) is 1.40.